The molecule has 0 aliphatic carbocycles. The SMILES string of the molecule is Cc1cccc(F)c1NC(=O)c1cc2c(s1)-c1ccccc1N(C(=O)c1ccc(-c3c[nH]c4ccccc34)cc1)CC2. The quantitative estimate of drug-likeness (QED) is 0.223. The molecule has 0 spiro atoms. The lowest BCUT2D eigenvalue weighted by Crippen LogP contribution is -2.32. The highest BCUT2D eigenvalue weighted by molar-refractivity contribution is 7.17. The van der Waals surface area contributed by atoms with E-state index in [2.05, 4.69) is 16.4 Å². The van der Waals surface area contributed by atoms with Crippen LogP contribution in [0.3, 0.4) is 0 Å². The summed E-state index contributed by atoms with van der Waals surface area (Å²) in [6.45, 7) is 2.23. The van der Waals surface area contributed by atoms with E-state index in [1.54, 1.807) is 19.1 Å². The smallest absolute Gasteiger partial charge is 0.265 e. The van der Waals surface area contributed by atoms with Gasteiger partial charge < -0.3 is 15.2 Å². The maximum atomic E-state index is 14.4. The fourth-order valence-electron chi connectivity index (χ4n) is 5.64. The number of aromatic amines is 1. The van der Waals surface area contributed by atoms with Gasteiger partial charge in [0, 0.05) is 45.2 Å². The minimum atomic E-state index is -0.463. The molecular formula is C35H26FN3O2S. The summed E-state index contributed by atoms with van der Waals surface area (Å²) in [6.07, 6.45) is 2.59. The van der Waals surface area contributed by atoms with Crippen molar-refractivity contribution in [1.29, 1.82) is 0 Å². The van der Waals surface area contributed by atoms with E-state index in [1.807, 2.05) is 83.9 Å². The van der Waals surface area contributed by atoms with E-state index in [1.165, 1.54) is 17.4 Å². The largest absolute Gasteiger partial charge is 0.361 e. The second kappa shape index (κ2) is 10.4. The van der Waals surface area contributed by atoms with E-state index in [9.17, 15) is 14.0 Å². The van der Waals surface area contributed by atoms with Gasteiger partial charge in [-0.15, -0.1) is 11.3 Å². The van der Waals surface area contributed by atoms with E-state index in [0.29, 0.717) is 29.0 Å². The number of aryl methyl sites for hydroxylation is 1. The van der Waals surface area contributed by atoms with Gasteiger partial charge in [-0.3, -0.25) is 9.59 Å². The highest BCUT2D eigenvalue weighted by Crippen LogP contribution is 2.42. The molecule has 206 valence electrons. The van der Waals surface area contributed by atoms with Crippen LogP contribution in [0.25, 0.3) is 32.5 Å². The molecule has 7 heteroatoms. The number of para-hydroxylation sites is 3. The molecule has 0 radical (unpaired) electrons. The van der Waals surface area contributed by atoms with Crippen LogP contribution in [0.4, 0.5) is 15.8 Å². The zero-order valence-corrected chi connectivity index (χ0v) is 23.6. The lowest BCUT2D eigenvalue weighted by molar-refractivity contribution is 0.0985. The average molecular weight is 572 g/mol. The second-order valence-corrected chi connectivity index (χ2v) is 11.5. The van der Waals surface area contributed by atoms with Crippen molar-refractivity contribution in [2.75, 3.05) is 16.8 Å². The van der Waals surface area contributed by atoms with Crippen molar-refractivity contribution < 1.29 is 14.0 Å². The predicted molar refractivity (Wildman–Crippen MR) is 168 cm³/mol. The fourth-order valence-corrected chi connectivity index (χ4v) is 6.78. The summed E-state index contributed by atoms with van der Waals surface area (Å²) >= 11 is 1.37. The summed E-state index contributed by atoms with van der Waals surface area (Å²) in [5, 5.41) is 3.89. The monoisotopic (exact) mass is 571 g/mol. The number of benzene rings is 4. The number of anilines is 2. The van der Waals surface area contributed by atoms with Crippen LogP contribution >= 0.6 is 11.3 Å². The highest BCUT2D eigenvalue weighted by atomic mass is 32.1. The van der Waals surface area contributed by atoms with Gasteiger partial charge in [-0.2, -0.15) is 0 Å². The number of thiophene rings is 1. The third-order valence-electron chi connectivity index (χ3n) is 7.81. The van der Waals surface area contributed by atoms with Crippen molar-refractivity contribution in [2.45, 2.75) is 13.3 Å². The Bertz CT molecular complexity index is 1970. The lowest BCUT2D eigenvalue weighted by atomic mass is 10.0. The second-order valence-electron chi connectivity index (χ2n) is 10.4. The van der Waals surface area contributed by atoms with Gasteiger partial charge in [0.05, 0.1) is 16.3 Å². The number of halogens is 1. The van der Waals surface area contributed by atoms with Crippen molar-refractivity contribution in [1.82, 2.24) is 4.98 Å². The highest BCUT2D eigenvalue weighted by Gasteiger charge is 2.28. The number of fused-ring (bicyclic) bond motifs is 4. The summed E-state index contributed by atoms with van der Waals surface area (Å²) < 4.78 is 14.4. The zero-order chi connectivity index (χ0) is 28.8. The number of rotatable bonds is 4. The molecule has 6 aromatic rings. The van der Waals surface area contributed by atoms with Gasteiger partial charge in [0.2, 0.25) is 0 Å². The number of hydrogen-bond donors (Lipinski definition) is 2. The van der Waals surface area contributed by atoms with Crippen LogP contribution in [-0.4, -0.2) is 23.3 Å². The molecule has 0 saturated heterocycles. The summed E-state index contributed by atoms with van der Waals surface area (Å²) in [6, 6.07) is 30.3. The molecule has 0 unspecified atom stereocenters. The Morgan fingerprint density at radius 1 is 0.905 bits per heavy atom. The molecule has 1 aliphatic heterocycles. The number of hydrogen-bond acceptors (Lipinski definition) is 3. The van der Waals surface area contributed by atoms with Crippen molar-refractivity contribution in [3.05, 3.63) is 131 Å². The number of amides is 2. The number of nitrogens with one attached hydrogen (secondary N) is 2. The average Bonchev–Trinajstić information content (AvgIpc) is 3.61. The van der Waals surface area contributed by atoms with Gasteiger partial charge >= 0.3 is 0 Å². The van der Waals surface area contributed by atoms with E-state index in [4.69, 9.17) is 0 Å². The maximum Gasteiger partial charge on any atom is 0.265 e. The first-order valence-electron chi connectivity index (χ1n) is 13.7. The van der Waals surface area contributed by atoms with Crippen molar-refractivity contribution >= 4 is 45.4 Å². The Kier molecular flexibility index (Phi) is 6.44. The van der Waals surface area contributed by atoms with Gasteiger partial charge in [0.15, 0.2) is 0 Å². The molecule has 42 heavy (non-hydrogen) atoms. The molecule has 1 aliphatic rings. The Morgan fingerprint density at radius 2 is 1.69 bits per heavy atom. The number of aromatic nitrogens is 1. The Balaban J connectivity index is 1.17. The Labute approximate surface area is 246 Å². The van der Waals surface area contributed by atoms with Crippen LogP contribution in [0.2, 0.25) is 0 Å². The number of H-pyrrole nitrogens is 1. The van der Waals surface area contributed by atoms with Crippen LogP contribution in [-0.2, 0) is 6.42 Å². The van der Waals surface area contributed by atoms with Gasteiger partial charge in [-0.25, -0.2) is 4.39 Å². The molecule has 0 atom stereocenters. The van der Waals surface area contributed by atoms with Crippen molar-refractivity contribution in [3.63, 3.8) is 0 Å². The fraction of sp³-hybridized carbons (Fsp3) is 0.0857. The first-order chi connectivity index (χ1) is 20.5. The lowest BCUT2D eigenvalue weighted by Gasteiger charge is -2.23. The van der Waals surface area contributed by atoms with Crippen LogP contribution in [0, 0.1) is 12.7 Å². The minimum Gasteiger partial charge on any atom is -0.361 e. The molecular weight excluding hydrogens is 545 g/mol. The van der Waals surface area contributed by atoms with Crippen LogP contribution in [0.1, 0.15) is 31.2 Å². The van der Waals surface area contributed by atoms with Crippen molar-refractivity contribution in [3.8, 4) is 21.6 Å². The number of nitrogens with zero attached hydrogens (tertiary/aromatic N) is 1. The number of carbonyl (C=O) groups excluding carboxylic acids is 2. The standard InChI is InChI=1S/C35H26FN3O2S/c1-21-7-6-10-28(36)32(21)38-34(40)31-19-24-17-18-39(30-12-5-3-9-26(30)33(24)42-31)35(41)23-15-13-22(14-16-23)27-20-37-29-11-4-2-8-25(27)29/h2-16,19-20,37H,17-18H2,1H3,(H,38,40). The van der Waals surface area contributed by atoms with Gasteiger partial charge in [0.1, 0.15) is 5.82 Å². The van der Waals surface area contributed by atoms with E-state index in [0.717, 1.165) is 43.7 Å². The van der Waals surface area contributed by atoms with Crippen molar-refractivity contribution in [2.24, 2.45) is 0 Å². The van der Waals surface area contributed by atoms with E-state index in [-0.39, 0.29) is 17.5 Å². The zero-order valence-electron chi connectivity index (χ0n) is 22.8. The predicted octanol–water partition coefficient (Wildman–Crippen LogP) is 8.47. The third-order valence-corrected chi connectivity index (χ3v) is 9.02. The third kappa shape index (κ3) is 4.48. The Morgan fingerprint density at radius 3 is 2.52 bits per heavy atom. The van der Waals surface area contributed by atoms with E-state index >= 15 is 0 Å². The maximum absolute atomic E-state index is 14.4. The van der Waals surface area contributed by atoms with Gasteiger partial charge in [-0.1, -0.05) is 60.7 Å². The van der Waals surface area contributed by atoms with E-state index < -0.39 is 5.82 Å². The molecule has 2 amide bonds. The Hall–Kier alpha value is -5.01. The normalized spacial score (nSPS) is 12.5. The molecule has 5 nitrogen and oxygen atoms in total. The summed E-state index contributed by atoms with van der Waals surface area (Å²) in [5.41, 5.74) is 7.38. The summed E-state index contributed by atoms with van der Waals surface area (Å²) in [7, 11) is 0. The molecule has 0 fully saturated rings. The molecule has 2 aromatic heterocycles. The molecule has 4 aromatic carbocycles. The van der Waals surface area contributed by atoms with Gasteiger partial charge in [-0.05, 0) is 66.4 Å². The molecule has 3 heterocycles. The molecule has 7 rings (SSSR count). The summed E-state index contributed by atoms with van der Waals surface area (Å²) in [4.78, 5) is 33.6. The minimum absolute atomic E-state index is 0.0731. The first kappa shape index (κ1) is 25.9. The van der Waals surface area contributed by atoms with Gasteiger partial charge in [0.25, 0.3) is 11.8 Å². The first-order valence-corrected chi connectivity index (χ1v) is 14.6. The van der Waals surface area contributed by atoms with Crippen LogP contribution in [0.5, 0.6) is 0 Å². The number of carbonyl (C=O) groups is 2. The molecule has 0 saturated carbocycles. The molecule has 2 N–H and O–H groups in total. The topological polar surface area (TPSA) is 65.2 Å². The summed E-state index contributed by atoms with van der Waals surface area (Å²) in [5.74, 6) is -0.881. The van der Waals surface area contributed by atoms with Crippen LogP contribution < -0.4 is 10.2 Å². The molecule has 0 bridgehead atoms. The van der Waals surface area contributed by atoms with Crippen LogP contribution in [0.15, 0.2) is 103 Å².